The summed E-state index contributed by atoms with van der Waals surface area (Å²) in [4.78, 5) is 14.0. The average molecular weight is 421 g/mol. The number of carbonyl (C=O) groups excluding carboxylic acids is 1. The molecule has 1 N–H and O–H groups in total. The van der Waals surface area contributed by atoms with Crippen molar-refractivity contribution in [2.24, 2.45) is 5.92 Å². The molecule has 3 rings (SSSR count). The smallest absolute Gasteiger partial charge is 0.262 e. The predicted molar refractivity (Wildman–Crippen MR) is 110 cm³/mol. The Bertz CT molecular complexity index is 1020. The molecule has 1 heterocycles. The summed E-state index contributed by atoms with van der Waals surface area (Å²) >= 11 is 0. The number of carbonyl (C=O) groups is 1. The topological polar surface area (TPSA) is 75.7 Å². The van der Waals surface area contributed by atoms with Crippen LogP contribution < -0.4 is 14.4 Å². The number of ether oxygens (including phenoxy) is 1. The van der Waals surface area contributed by atoms with E-state index < -0.39 is 15.8 Å². The molecule has 0 saturated heterocycles. The number of anilines is 2. The van der Waals surface area contributed by atoms with E-state index in [0.717, 1.165) is 24.5 Å². The fraction of sp³-hybridized carbons (Fsp3) is 0.381. The highest BCUT2D eigenvalue weighted by Gasteiger charge is 2.25. The molecule has 1 aliphatic heterocycles. The van der Waals surface area contributed by atoms with E-state index in [2.05, 4.69) is 4.72 Å². The molecule has 0 aliphatic carbocycles. The lowest BCUT2D eigenvalue weighted by atomic mass is 9.99. The van der Waals surface area contributed by atoms with Crippen LogP contribution in [0.15, 0.2) is 41.3 Å². The van der Waals surface area contributed by atoms with E-state index in [1.165, 1.54) is 12.1 Å². The first-order valence-electron chi connectivity index (χ1n) is 9.62. The molecular formula is C21H25FN2O4S. The summed E-state index contributed by atoms with van der Waals surface area (Å²) < 4.78 is 47.1. The Hall–Kier alpha value is -2.61. The largest absolute Gasteiger partial charge is 0.491 e. The molecule has 0 radical (unpaired) electrons. The molecule has 0 unspecified atom stereocenters. The van der Waals surface area contributed by atoms with Gasteiger partial charge in [-0.05, 0) is 55.7 Å². The second-order valence-electron chi connectivity index (χ2n) is 7.22. The first-order valence-corrected chi connectivity index (χ1v) is 11.1. The van der Waals surface area contributed by atoms with E-state index in [4.69, 9.17) is 4.74 Å². The Morgan fingerprint density at radius 1 is 1.24 bits per heavy atom. The molecule has 1 amide bonds. The number of hydrogen-bond donors (Lipinski definition) is 1. The third-order valence-corrected chi connectivity index (χ3v) is 6.11. The number of aryl methyl sites for hydroxylation is 1. The number of amides is 1. The number of nitrogens with one attached hydrogen (secondary N) is 1. The van der Waals surface area contributed by atoms with Gasteiger partial charge in [0.25, 0.3) is 10.0 Å². The Labute approximate surface area is 170 Å². The normalized spacial score (nSPS) is 13.9. The van der Waals surface area contributed by atoms with Crippen LogP contribution in [-0.4, -0.2) is 27.5 Å². The van der Waals surface area contributed by atoms with E-state index >= 15 is 0 Å². The van der Waals surface area contributed by atoms with Gasteiger partial charge in [-0.15, -0.1) is 0 Å². The van der Waals surface area contributed by atoms with Gasteiger partial charge in [-0.3, -0.25) is 9.52 Å². The Balaban J connectivity index is 1.89. The van der Waals surface area contributed by atoms with Gasteiger partial charge in [0, 0.05) is 18.2 Å². The number of halogens is 1. The lowest BCUT2D eigenvalue weighted by Gasteiger charge is -2.31. The Morgan fingerprint density at radius 3 is 2.66 bits per heavy atom. The minimum Gasteiger partial charge on any atom is -0.491 e. The third-order valence-electron chi connectivity index (χ3n) is 4.73. The molecule has 2 aromatic carbocycles. The van der Waals surface area contributed by atoms with Gasteiger partial charge in [-0.2, -0.15) is 0 Å². The van der Waals surface area contributed by atoms with Gasteiger partial charge in [0.2, 0.25) is 5.91 Å². The first kappa shape index (κ1) is 21.1. The van der Waals surface area contributed by atoms with Crippen LogP contribution in [0, 0.1) is 11.7 Å². The molecule has 2 aromatic rings. The number of benzene rings is 2. The maximum absolute atomic E-state index is 14.1. The second-order valence-corrected chi connectivity index (χ2v) is 8.90. The molecule has 0 fully saturated rings. The molecule has 0 bridgehead atoms. The van der Waals surface area contributed by atoms with Crippen LogP contribution in [0.3, 0.4) is 0 Å². The van der Waals surface area contributed by atoms with Crippen molar-refractivity contribution in [2.75, 3.05) is 22.8 Å². The van der Waals surface area contributed by atoms with Crippen LogP contribution in [0.25, 0.3) is 0 Å². The third kappa shape index (κ3) is 4.53. The van der Waals surface area contributed by atoms with Gasteiger partial charge in [-0.1, -0.05) is 19.9 Å². The molecule has 0 aromatic heterocycles. The van der Waals surface area contributed by atoms with Crippen molar-refractivity contribution in [3.05, 3.63) is 47.8 Å². The van der Waals surface area contributed by atoms with E-state index in [0.29, 0.717) is 17.9 Å². The van der Waals surface area contributed by atoms with Crippen molar-refractivity contribution in [3.63, 3.8) is 0 Å². The van der Waals surface area contributed by atoms with Gasteiger partial charge in [-0.25, -0.2) is 12.8 Å². The molecule has 1 aliphatic rings. The highest BCUT2D eigenvalue weighted by molar-refractivity contribution is 7.92. The fourth-order valence-corrected chi connectivity index (χ4v) is 4.37. The molecule has 156 valence electrons. The van der Waals surface area contributed by atoms with Crippen molar-refractivity contribution in [1.29, 1.82) is 0 Å². The van der Waals surface area contributed by atoms with Crippen molar-refractivity contribution in [1.82, 2.24) is 0 Å². The highest BCUT2D eigenvalue weighted by atomic mass is 32.2. The van der Waals surface area contributed by atoms with E-state index in [9.17, 15) is 17.6 Å². The summed E-state index contributed by atoms with van der Waals surface area (Å²) in [5, 5.41) is 0. The molecule has 6 nitrogen and oxygen atoms in total. The fourth-order valence-electron chi connectivity index (χ4n) is 3.31. The molecular weight excluding hydrogens is 395 g/mol. The maximum atomic E-state index is 14.1. The van der Waals surface area contributed by atoms with Crippen LogP contribution in [-0.2, 0) is 21.2 Å². The van der Waals surface area contributed by atoms with Crippen LogP contribution in [0.1, 0.15) is 32.8 Å². The van der Waals surface area contributed by atoms with Crippen molar-refractivity contribution in [3.8, 4) is 5.75 Å². The summed E-state index contributed by atoms with van der Waals surface area (Å²) in [6.07, 6.45) is 1.69. The standard InChI is InChI=1S/C21H25FN2O4S/c1-4-28-20-10-9-17(13-18(20)22)29(26,27)23-16-8-7-15-6-5-11-24(19(15)12-16)21(25)14(2)3/h7-10,12-14,23H,4-6,11H2,1-3H3. The minimum atomic E-state index is -4.00. The predicted octanol–water partition coefficient (Wildman–Crippen LogP) is 3.96. The van der Waals surface area contributed by atoms with Gasteiger partial charge in [0.15, 0.2) is 11.6 Å². The average Bonchev–Trinajstić information content (AvgIpc) is 2.68. The minimum absolute atomic E-state index is 0.000425. The van der Waals surface area contributed by atoms with E-state index in [-0.39, 0.29) is 29.1 Å². The summed E-state index contributed by atoms with van der Waals surface area (Å²) in [6, 6.07) is 8.67. The van der Waals surface area contributed by atoms with Gasteiger partial charge in [0.1, 0.15) is 0 Å². The number of hydrogen-bond acceptors (Lipinski definition) is 4. The summed E-state index contributed by atoms with van der Waals surface area (Å²) in [5.74, 6) is -0.899. The summed E-state index contributed by atoms with van der Waals surface area (Å²) in [6.45, 7) is 6.27. The molecule has 0 atom stereocenters. The second kappa shape index (κ2) is 8.41. The maximum Gasteiger partial charge on any atom is 0.262 e. The SMILES string of the molecule is CCOc1ccc(S(=O)(=O)Nc2ccc3c(c2)N(C(=O)C(C)C)CCC3)cc1F. The highest BCUT2D eigenvalue weighted by Crippen LogP contribution is 2.32. The summed E-state index contributed by atoms with van der Waals surface area (Å²) in [5.41, 5.74) is 2.04. The zero-order valence-electron chi connectivity index (χ0n) is 16.7. The molecule has 0 spiro atoms. The van der Waals surface area contributed by atoms with Crippen LogP contribution in [0.5, 0.6) is 5.75 Å². The van der Waals surface area contributed by atoms with Gasteiger partial charge >= 0.3 is 0 Å². The zero-order chi connectivity index (χ0) is 21.2. The number of rotatable bonds is 6. The molecule has 8 heteroatoms. The Kier molecular flexibility index (Phi) is 6.12. The lowest BCUT2D eigenvalue weighted by Crippen LogP contribution is -2.38. The lowest BCUT2D eigenvalue weighted by molar-refractivity contribution is -0.121. The van der Waals surface area contributed by atoms with Crippen LogP contribution >= 0.6 is 0 Å². The number of nitrogens with zero attached hydrogens (tertiary/aromatic N) is 1. The quantitative estimate of drug-likeness (QED) is 0.768. The molecule has 29 heavy (non-hydrogen) atoms. The Morgan fingerprint density at radius 2 is 2.00 bits per heavy atom. The monoisotopic (exact) mass is 420 g/mol. The van der Waals surface area contributed by atoms with Crippen molar-refractivity contribution < 1.29 is 22.3 Å². The summed E-state index contributed by atoms with van der Waals surface area (Å²) in [7, 11) is -4.00. The van der Waals surface area contributed by atoms with Gasteiger partial charge in [0.05, 0.1) is 17.2 Å². The molecule has 0 saturated carbocycles. The zero-order valence-corrected chi connectivity index (χ0v) is 17.6. The number of fused-ring (bicyclic) bond motifs is 1. The van der Waals surface area contributed by atoms with E-state index in [1.807, 2.05) is 19.9 Å². The first-order chi connectivity index (χ1) is 13.7. The van der Waals surface area contributed by atoms with E-state index in [1.54, 1.807) is 24.0 Å². The van der Waals surface area contributed by atoms with Crippen molar-refractivity contribution in [2.45, 2.75) is 38.5 Å². The van der Waals surface area contributed by atoms with Crippen LogP contribution in [0.2, 0.25) is 0 Å². The van der Waals surface area contributed by atoms with Gasteiger partial charge < -0.3 is 9.64 Å². The number of sulfonamides is 1. The van der Waals surface area contributed by atoms with Crippen molar-refractivity contribution >= 4 is 27.3 Å². The van der Waals surface area contributed by atoms with Crippen LogP contribution in [0.4, 0.5) is 15.8 Å².